The first-order chi connectivity index (χ1) is 12.1. The van der Waals surface area contributed by atoms with Crippen molar-refractivity contribution < 1.29 is 9.18 Å². The van der Waals surface area contributed by atoms with E-state index in [1.54, 1.807) is 24.3 Å². The molecule has 1 aliphatic rings. The maximum Gasteiger partial charge on any atom is 0.246 e. The van der Waals surface area contributed by atoms with E-state index >= 15 is 0 Å². The highest BCUT2D eigenvalue weighted by atomic mass is 35.5. The van der Waals surface area contributed by atoms with E-state index in [0.717, 1.165) is 30.2 Å². The number of rotatable bonds is 4. The SMILES string of the molecule is O=C(/C=C/c1ccc(F)cc1)N1CCN(Cc2cccc(Cl)c2)CC1. The van der Waals surface area contributed by atoms with Crippen molar-refractivity contribution in [2.45, 2.75) is 6.54 Å². The van der Waals surface area contributed by atoms with Crippen molar-refractivity contribution >= 4 is 23.6 Å². The first-order valence-corrected chi connectivity index (χ1v) is 8.67. The third kappa shape index (κ3) is 5.15. The lowest BCUT2D eigenvalue weighted by atomic mass is 10.2. The maximum atomic E-state index is 12.9. The van der Waals surface area contributed by atoms with Crippen molar-refractivity contribution in [3.05, 3.63) is 76.6 Å². The number of piperazine rings is 1. The number of nitrogens with zero attached hydrogens (tertiary/aromatic N) is 2. The molecule has 0 aromatic heterocycles. The van der Waals surface area contributed by atoms with Gasteiger partial charge in [0.1, 0.15) is 5.82 Å². The molecule has 1 fully saturated rings. The Balaban J connectivity index is 1.49. The van der Waals surface area contributed by atoms with Crippen molar-refractivity contribution in [2.75, 3.05) is 26.2 Å². The molecule has 0 atom stereocenters. The van der Waals surface area contributed by atoms with E-state index in [2.05, 4.69) is 11.0 Å². The van der Waals surface area contributed by atoms with Gasteiger partial charge < -0.3 is 4.90 Å². The molecule has 1 heterocycles. The number of carbonyl (C=O) groups excluding carboxylic acids is 1. The van der Waals surface area contributed by atoms with E-state index in [0.29, 0.717) is 13.1 Å². The van der Waals surface area contributed by atoms with Crippen LogP contribution in [0, 0.1) is 5.82 Å². The van der Waals surface area contributed by atoms with E-state index in [-0.39, 0.29) is 11.7 Å². The minimum Gasteiger partial charge on any atom is -0.337 e. The molecular weight excluding hydrogens is 339 g/mol. The Morgan fingerprint density at radius 3 is 2.48 bits per heavy atom. The summed E-state index contributed by atoms with van der Waals surface area (Å²) >= 11 is 6.02. The van der Waals surface area contributed by atoms with Crippen LogP contribution in [0.4, 0.5) is 4.39 Å². The smallest absolute Gasteiger partial charge is 0.246 e. The van der Waals surface area contributed by atoms with Crippen molar-refractivity contribution in [3.63, 3.8) is 0 Å². The molecule has 0 aliphatic carbocycles. The van der Waals surface area contributed by atoms with E-state index in [1.807, 2.05) is 23.1 Å². The molecule has 1 aliphatic heterocycles. The van der Waals surface area contributed by atoms with Crippen LogP contribution < -0.4 is 0 Å². The lowest BCUT2D eigenvalue weighted by molar-refractivity contribution is -0.127. The highest BCUT2D eigenvalue weighted by Gasteiger charge is 2.19. The van der Waals surface area contributed by atoms with E-state index in [9.17, 15) is 9.18 Å². The summed E-state index contributed by atoms with van der Waals surface area (Å²) in [6.07, 6.45) is 3.28. The first kappa shape index (κ1) is 17.6. The van der Waals surface area contributed by atoms with Crippen molar-refractivity contribution in [1.82, 2.24) is 9.80 Å². The van der Waals surface area contributed by atoms with Crippen molar-refractivity contribution in [2.24, 2.45) is 0 Å². The second kappa shape index (κ2) is 8.28. The minimum atomic E-state index is -0.278. The predicted octanol–water partition coefficient (Wildman–Crippen LogP) is 3.84. The molecule has 0 bridgehead atoms. The number of halogens is 2. The average Bonchev–Trinajstić information content (AvgIpc) is 2.62. The van der Waals surface area contributed by atoms with Crippen LogP contribution in [0.1, 0.15) is 11.1 Å². The molecular formula is C20H20ClFN2O. The fourth-order valence-electron chi connectivity index (χ4n) is 2.87. The zero-order valence-corrected chi connectivity index (χ0v) is 14.6. The Bertz CT molecular complexity index is 753. The molecule has 3 nitrogen and oxygen atoms in total. The van der Waals surface area contributed by atoms with Gasteiger partial charge in [0.15, 0.2) is 0 Å². The van der Waals surface area contributed by atoms with Gasteiger partial charge >= 0.3 is 0 Å². The van der Waals surface area contributed by atoms with Crippen LogP contribution in [0.15, 0.2) is 54.6 Å². The lowest BCUT2D eigenvalue weighted by Gasteiger charge is -2.34. The van der Waals surface area contributed by atoms with Crippen LogP contribution in [-0.2, 0) is 11.3 Å². The molecule has 25 heavy (non-hydrogen) atoms. The highest BCUT2D eigenvalue weighted by Crippen LogP contribution is 2.14. The number of benzene rings is 2. The topological polar surface area (TPSA) is 23.6 Å². The van der Waals surface area contributed by atoms with Gasteiger partial charge in [-0.2, -0.15) is 0 Å². The standard InChI is InChI=1S/C20H20ClFN2O/c21-18-3-1-2-17(14-18)15-23-10-12-24(13-11-23)20(25)9-6-16-4-7-19(22)8-5-16/h1-9,14H,10-13,15H2/b9-6+. The molecule has 0 saturated carbocycles. The van der Waals surface area contributed by atoms with Crippen LogP contribution in [-0.4, -0.2) is 41.9 Å². The second-order valence-electron chi connectivity index (χ2n) is 6.12. The number of carbonyl (C=O) groups is 1. The molecule has 0 spiro atoms. The monoisotopic (exact) mass is 358 g/mol. The normalized spacial score (nSPS) is 15.7. The fourth-order valence-corrected chi connectivity index (χ4v) is 3.08. The van der Waals surface area contributed by atoms with Gasteiger partial charge in [-0.25, -0.2) is 4.39 Å². The van der Waals surface area contributed by atoms with Crippen molar-refractivity contribution in [1.29, 1.82) is 0 Å². The Morgan fingerprint density at radius 2 is 1.80 bits per heavy atom. The van der Waals surface area contributed by atoms with E-state index in [4.69, 9.17) is 11.6 Å². The van der Waals surface area contributed by atoms with E-state index < -0.39 is 0 Å². The van der Waals surface area contributed by atoms with Crippen LogP contribution in [0.3, 0.4) is 0 Å². The third-order valence-electron chi connectivity index (χ3n) is 4.27. The quantitative estimate of drug-likeness (QED) is 0.775. The Labute approximate surface area is 152 Å². The van der Waals surface area contributed by atoms with Gasteiger partial charge in [-0.15, -0.1) is 0 Å². The second-order valence-corrected chi connectivity index (χ2v) is 6.55. The van der Waals surface area contributed by atoms with Crippen LogP contribution in [0.25, 0.3) is 6.08 Å². The van der Waals surface area contributed by atoms with Gasteiger partial charge in [0.2, 0.25) is 5.91 Å². The van der Waals surface area contributed by atoms with E-state index in [1.165, 1.54) is 17.7 Å². The zero-order valence-electron chi connectivity index (χ0n) is 13.9. The summed E-state index contributed by atoms with van der Waals surface area (Å²) in [5, 5.41) is 0.747. The van der Waals surface area contributed by atoms with Crippen LogP contribution in [0.2, 0.25) is 5.02 Å². The van der Waals surface area contributed by atoms with Gasteiger partial charge in [0.05, 0.1) is 0 Å². The average molecular weight is 359 g/mol. The number of hydrogen-bond acceptors (Lipinski definition) is 2. The molecule has 3 rings (SSSR count). The molecule has 5 heteroatoms. The first-order valence-electron chi connectivity index (χ1n) is 8.29. The van der Waals surface area contributed by atoms with Crippen LogP contribution in [0.5, 0.6) is 0 Å². The molecule has 1 saturated heterocycles. The van der Waals surface area contributed by atoms with Crippen LogP contribution >= 0.6 is 11.6 Å². The summed E-state index contributed by atoms with van der Waals surface area (Å²) in [7, 11) is 0. The fraction of sp³-hybridized carbons (Fsp3) is 0.250. The van der Waals surface area contributed by atoms with Gasteiger partial charge in [-0.1, -0.05) is 35.9 Å². The Hall–Kier alpha value is -2.17. The lowest BCUT2D eigenvalue weighted by Crippen LogP contribution is -2.47. The van der Waals surface area contributed by atoms with Gasteiger partial charge in [-0.3, -0.25) is 9.69 Å². The van der Waals surface area contributed by atoms with Gasteiger partial charge in [-0.05, 0) is 41.5 Å². The zero-order chi connectivity index (χ0) is 17.6. The summed E-state index contributed by atoms with van der Waals surface area (Å²) in [5.41, 5.74) is 2.00. The minimum absolute atomic E-state index is 0.00766. The molecule has 0 radical (unpaired) electrons. The third-order valence-corrected chi connectivity index (χ3v) is 4.50. The maximum absolute atomic E-state index is 12.9. The molecule has 2 aromatic rings. The molecule has 0 unspecified atom stereocenters. The van der Waals surface area contributed by atoms with Gasteiger partial charge in [0.25, 0.3) is 0 Å². The Kier molecular flexibility index (Phi) is 5.84. The summed E-state index contributed by atoms with van der Waals surface area (Å²) < 4.78 is 12.9. The molecule has 1 amide bonds. The number of amides is 1. The molecule has 130 valence electrons. The summed E-state index contributed by atoms with van der Waals surface area (Å²) in [6.45, 7) is 3.92. The van der Waals surface area contributed by atoms with Gasteiger partial charge in [0, 0.05) is 43.8 Å². The summed E-state index contributed by atoms with van der Waals surface area (Å²) in [6, 6.07) is 14.0. The predicted molar refractivity (Wildman–Crippen MR) is 98.7 cm³/mol. The Morgan fingerprint density at radius 1 is 1.08 bits per heavy atom. The highest BCUT2D eigenvalue weighted by molar-refractivity contribution is 6.30. The summed E-state index contributed by atoms with van der Waals surface area (Å²) in [5.74, 6) is -0.286. The molecule has 2 aromatic carbocycles. The largest absolute Gasteiger partial charge is 0.337 e. The number of hydrogen-bond donors (Lipinski definition) is 0. The molecule has 0 N–H and O–H groups in total. The summed E-state index contributed by atoms with van der Waals surface area (Å²) in [4.78, 5) is 16.4. The van der Waals surface area contributed by atoms with Crippen molar-refractivity contribution in [3.8, 4) is 0 Å².